The van der Waals surface area contributed by atoms with Gasteiger partial charge in [0.1, 0.15) is 5.70 Å². The number of amides is 2. The third-order valence-electron chi connectivity index (χ3n) is 3.56. The third kappa shape index (κ3) is 3.61. The van der Waals surface area contributed by atoms with Crippen LogP contribution in [0.4, 0.5) is 11.4 Å². The number of nitrogens with zero attached hydrogens (tertiary/aromatic N) is 1. The van der Waals surface area contributed by atoms with Gasteiger partial charge in [0.15, 0.2) is 0 Å². The number of rotatable bonds is 5. The van der Waals surface area contributed by atoms with Crippen molar-refractivity contribution in [3.8, 4) is 0 Å². The summed E-state index contributed by atoms with van der Waals surface area (Å²) >= 11 is 0. The molecule has 0 aliphatic carbocycles. The second kappa shape index (κ2) is 6.79. The molecule has 0 fully saturated rings. The standard InChI is InChI=1S/C18H13N3O4/c22-17-15(11-8-12-6-9-14(10-7-12)21(24)25)16(18(23)20-17)19-13-4-2-1-3-5-13/h1-11H,(H2,19,20,22,23)/b11-8+. The number of hydrogen-bond acceptors (Lipinski definition) is 5. The summed E-state index contributed by atoms with van der Waals surface area (Å²) in [6.45, 7) is 0. The first-order valence-corrected chi connectivity index (χ1v) is 7.39. The van der Waals surface area contributed by atoms with Gasteiger partial charge in [-0.25, -0.2) is 0 Å². The number of para-hydroxylation sites is 1. The molecule has 2 N–H and O–H groups in total. The van der Waals surface area contributed by atoms with Gasteiger partial charge in [0.05, 0.1) is 10.5 Å². The summed E-state index contributed by atoms with van der Waals surface area (Å²) in [6.07, 6.45) is 3.12. The molecule has 0 spiro atoms. The lowest BCUT2D eigenvalue weighted by Crippen LogP contribution is -2.24. The molecule has 7 heteroatoms. The first kappa shape index (κ1) is 16.1. The fourth-order valence-electron chi connectivity index (χ4n) is 2.30. The van der Waals surface area contributed by atoms with Crippen LogP contribution in [0.25, 0.3) is 6.08 Å². The molecule has 0 saturated heterocycles. The average molecular weight is 335 g/mol. The van der Waals surface area contributed by atoms with Crippen LogP contribution in [-0.4, -0.2) is 16.7 Å². The summed E-state index contributed by atoms with van der Waals surface area (Å²) in [7, 11) is 0. The molecular weight excluding hydrogens is 322 g/mol. The number of nitro benzene ring substituents is 1. The summed E-state index contributed by atoms with van der Waals surface area (Å²) in [5.74, 6) is -1.00. The maximum atomic E-state index is 12.0. The molecule has 3 rings (SSSR count). The Morgan fingerprint density at radius 2 is 1.60 bits per heavy atom. The lowest BCUT2D eigenvalue weighted by Gasteiger charge is -2.05. The zero-order valence-corrected chi connectivity index (χ0v) is 12.9. The van der Waals surface area contributed by atoms with Crippen LogP contribution in [0.3, 0.4) is 0 Å². The fourth-order valence-corrected chi connectivity index (χ4v) is 2.30. The van der Waals surface area contributed by atoms with E-state index in [0.717, 1.165) is 0 Å². The molecule has 2 aromatic carbocycles. The number of benzene rings is 2. The predicted molar refractivity (Wildman–Crippen MR) is 92.4 cm³/mol. The SMILES string of the molecule is O=C1NC(=O)C(Nc2ccccc2)=C1/C=C/c1ccc([N+](=O)[O-])cc1. The van der Waals surface area contributed by atoms with E-state index in [1.807, 2.05) is 18.2 Å². The van der Waals surface area contributed by atoms with E-state index >= 15 is 0 Å². The van der Waals surface area contributed by atoms with E-state index in [1.54, 1.807) is 30.3 Å². The summed E-state index contributed by atoms with van der Waals surface area (Å²) < 4.78 is 0. The highest BCUT2D eigenvalue weighted by molar-refractivity contribution is 6.22. The summed E-state index contributed by atoms with van der Waals surface area (Å²) in [4.78, 5) is 34.1. The molecule has 0 saturated carbocycles. The minimum absolute atomic E-state index is 0.0170. The number of nitrogens with one attached hydrogen (secondary N) is 2. The van der Waals surface area contributed by atoms with Crippen LogP contribution in [0.1, 0.15) is 5.56 Å². The Kier molecular flexibility index (Phi) is 4.38. The Morgan fingerprint density at radius 1 is 0.920 bits per heavy atom. The number of non-ortho nitro benzene ring substituents is 1. The Morgan fingerprint density at radius 3 is 2.24 bits per heavy atom. The maximum absolute atomic E-state index is 12.0. The number of anilines is 1. The van der Waals surface area contributed by atoms with E-state index in [1.165, 1.54) is 18.2 Å². The Labute approximate surface area is 142 Å². The van der Waals surface area contributed by atoms with E-state index in [2.05, 4.69) is 10.6 Å². The largest absolute Gasteiger partial charge is 0.350 e. The number of carbonyl (C=O) groups is 2. The molecule has 0 unspecified atom stereocenters. The van der Waals surface area contributed by atoms with Crippen molar-refractivity contribution in [2.24, 2.45) is 0 Å². The van der Waals surface area contributed by atoms with Gasteiger partial charge in [0, 0.05) is 17.8 Å². The molecule has 0 radical (unpaired) electrons. The molecule has 0 atom stereocenters. The zero-order chi connectivity index (χ0) is 17.8. The van der Waals surface area contributed by atoms with Gasteiger partial charge in [0.2, 0.25) is 0 Å². The molecule has 7 nitrogen and oxygen atoms in total. The Balaban J connectivity index is 1.87. The van der Waals surface area contributed by atoms with Crippen LogP contribution in [0.5, 0.6) is 0 Å². The number of carbonyl (C=O) groups excluding carboxylic acids is 2. The maximum Gasteiger partial charge on any atom is 0.275 e. The topological polar surface area (TPSA) is 101 Å². The number of imide groups is 1. The van der Waals surface area contributed by atoms with E-state index in [0.29, 0.717) is 11.3 Å². The van der Waals surface area contributed by atoms with Crippen LogP contribution in [0.15, 0.2) is 71.9 Å². The van der Waals surface area contributed by atoms with Gasteiger partial charge in [-0.1, -0.05) is 24.3 Å². The minimum atomic E-state index is -0.503. The van der Waals surface area contributed by atoms with Crippen molar-refractivity contribution in [3.63, 3.8) is 0 Å². The van der Waals surface area contributed by atoms with Gasteiger partial charge in [-0.2, -0.15) is 0 Å². The molecule has 1 aliphatic rings. The molecule has 124 valence electrons. The van der Waals surface area contributed by atoms with E-state index < -0.39 is 16.7 Å². The average Bonchev–Trinajstić information content (AvgIpc) is 2.87. The van der Waals surface area contributed by atoms with Gasteiger partial charge in [0.25, 0.3) is 17.5 Å². The van der Waals surface area contributed by atoms with E-state index in [4.69, 9.17) is 0 Å². The van der Waals surface area contributed by atoms with Crippen molar-refractivity contribution in [1.82, 2.24) is 5.32 Å². The molecule has 0 aromatic heterocycles. The molecule has 1 heterocycles. The normalized spacial score (nSPS) is 14.1. The van der Waals surface area contributed by atoms with Crippen molar-refractivity contribution in [2.45, 2.75) is 0 Å². The molecule has 25 heavy (non-hydrogen) atoms. The van der Waals surface area contributed by atoms with Gasteiger partial charge >= 0.3 is 0 Å². The minimum Gasteiger partial charge on any atom is -0.350 e. The highest BCUT2D eigenvalue weighted by Gasteiger charge is 2.28. The Hall–Kier alpha value is -3.74. The second-order valence-electron chi connectivity index (χ2n) is 5.24. The van der Waals surface area contributed by atoms with Crippen LogP contribution in [-0.2, 0) is 9.59 Å². The van der Waals surface area contributed by atoms with Crippen molar-refractivity contribution in [2.75, 3.05) is 5.32 Å². The van der Waals surface area contributed by atoms with Crippen LogP contribution >= 0.6 is 0 Å². The quantitative estimate of drug-likeness (QED) is 0.497. The number of nitro groups is 1. The number of hydrogen-bond donors (Lipinski definition) is 2. The molecular formula is C18H13N3O4. The fraction of sp³-hybridized carbons (Fsp3) is 0. The first-order chi connectivity index (χ1) is 12.0. The van der Waals surface area contributed by atoms with Gasteiger partial charge in [-0.15, -0.1) is 0 Å². The highest BCUT2D eigenvalue weighted by Crippen LogP contribution is 2.19. The lowest BCUT2D eigenvalue weighted by atomic mass is 10.1. The van der Waals surface area contributed by atoms with E-state index in [-0.39, 0.29) is 17.0 Å². The predicted octanol–water partition coefficient (Wildman–Crippen LogP) is 2.63. The van der Waals surface area contributed by atoms with Crippen LogP contribution in [0, 0.1) is 10.1 Å². The summed E-state index contributed by atoms with van der Waals surface area (Å²) in [5, 5.41) is 15.8. The summed E-state index contributed by atoms with van der Waals surface area (Å²) in [6, 6.07) is 14.9. The van der Waals surface area contributed by atoms with Gasteiger partial charge in [-0.3, -0.25) is 25.0 Å². The van der Waals surface area contributed by atoms with Crippen molar-refractivity contribution >= 4 is 29.3 Å². The zero-order valence-electron chi connectivity index (χ0n) is 12.9. The second-order valence-corrected chi connectivity index (χ2v) is 5.24. The summed E-state index contributed by atoms with van der Waals surface area (Å²) in [5.41, 5.74) is 1.70. The smallest absolute Gasteiger partial charge is 0.275 e. The molecule has 0 bridgehead atoms. The molecule has 2 amide bonds. The van der Waals surface area contributed by atoms with Gasteiger partial charge < -0.3 is 5.32 Å². The van der Waals surface area contributed by atoms with E-state index in [9.17, 15) is 19.7 Å². The first-order valence-electron chi connectivity index (χ1n) is 7.39. The monoisotopic (exact) mass is 335 g/mol. The van der Waals surface area contributed by atoms with Crippen LogP contribution < -0.4 is 10.6 Å². The molecule has 1 aliphatic heterocycles. The molecule has 2 aromatic rings. The lowest BCUT2D eigenvalue weighted by molar-refractivity contribution is -0.384. The van der Waals surface area contributed by atoms with Crippen LogP contribution in [0.2, 0.25) is 0 Å². The van der Waals surface area contributed by atoms with Crippen molar-refractivity contribution in [3.05, 3.63) is 87.6 Å². The van der Waals surface area contributed by atoms with Gasteiger partial charge in [-0.05, 0) is 35.9 Å². The highest BCUT2D eigenvalue weighted by atomic mass is 16.6. The van der Waals surface area contributed by atoms with Crippen molar-refractivity contribution in [1.29, 1.82) is 0 Å². The Bertz CT molecular complexity index is 900. The third-order valence-corrected chi connectivity index (χ3v) is 3.56. The van der Waals surface area contributed by atoms with Crippen molar-refractivity contribution < 1.29 is 14.5 Å².